The van der Waals surface area contributed by atoms with Crippen LogP contribution in [-0.4, -0.2) is 42.8 Å². The third-order valence-electron chi connectivity index (χ3n) is 6.10. The number of amides is 2. The average molecular weight is 511 g/mol. The molecule has 2 N–H and O–H groups in total. The van der Waals surface area contributed by atoms with E-state index in [-0.39, 0.29) is 29.2 Å². The van der Waals surface area contributed by atoms with Crippen LogP contribution in [0.4, 0.5) is 5.69 Å². The molecule has 0 saturated heterocycles. The summed E-state index contributed by atoms with van der Waals surface area (Å²) in [6, 6.07) is 12.0. The number of thioether (sulfide) groups is 1. The molecule has 0 bridgehead atoms. The molecule has 35 heavy (non-hydrogen) atoms. The smallest absolute Gasteiger partial charge is 0.262 e. The van der Waals surface area contributed by atoms with E-state index in [9.17, 15) is 14.4 Å². The molecule has 0 atom stereocenters. The first-order valence-electron chi connectivity index (χ1n) is 11.3. The highest BCUT2D eigenvalue weighted by molar-refractivity contribution is 7.99. The van der Waals surface area contributed by atoms with Gasteiger partial charge in [0.1, 0.15) is 0 Å². The summed E-state index contributed by atoms with van der Waals surface area (Å²) in [5.74, 6) is 0.0174. The zero-order chi connectivity index (χ0) is 24.5. The summed E-state index contributed by atoms with van der Waals surface area (Å²) in [5, 5.41) is 15.7. The standard InChI is InChI=1S/C24H23ClN6O3S/c1-30-22(34)18-11-6-14(21(33)27-16-4-2-3-5-16)12-19(18)31-23(30)28-29-24(31)35-13-20(32)26-17-9-7-15(25)8-10-17/h6-12,16H,2-5,13H2,1H3,(H,26,32)(H,27,33). The molecule has 1 aliphatic carbocycles. The molecule has 1 aliphatic rings. The molecule has 11 heteroatoms. The zero-order valence-corrected chi connectivity index (χ0v) is 20.5. The van der Waals surface area contributed by atoms with Crippen molar-refractivity contribution >= 4 is 57.5 Å². The molecular weight excluding hydrogens is 488 g/mol. The maximum atomic E-state index is 12.9. The molecule has 4 aromatic rings. The van der Waals surface area contributed by atoms with Crippen molar-refractivity contribution in [3.05, 3.63) is 63.4 Å². The lowest BCUT2D eigenvalue weighted by Gasteiger charge is -2.13. The van der Waals surface area contributed by atoms with Gasteiger partial charge in [-0.25, -0.2) is 0 Å². The number of hydrogen-bond donors (Lipinski definition) is 2. The minimum Gasteiger partial charge on any atom is -0.349 e. The third-order valence-corrected chi connectivity index (χ3v) is 7.28. The first kappa shape index (κ1) is 23.4. The van der Waals surface area contributed by atoms with E-state index in [1.54, 1.807) is 53.9 Å². The number of benzene rings is 2. The molecule has 2 aromatic heterocycles. The Kier molecular flexibility index (Phi) is 6.48. The van der Waals surface area contributed by atoms with E-state index in [0.29, 0.717) is 38.1 Å². The van der Waals surface area contributed by atoms with E-state index >= 15 is 0 Å². The Balaban J connectivity index is 1.45. The number of fused-ring (bicyclic) bond motifs is 3. The van der Waals surface area contributed by atoms with Crippen molar-refractivity contribution in [2.45, 2.75) is 36.9 Å². The van der Waals surface area contributed by atoms with E-state index in [1.807, 2.05) is 0 Å². The highest BCUT2D eigenvalue weighted by Gasteiger charge is 2.20. The van der Waals surface area contributed by atoms with Crippen molar-refractivity contribution in [3.63, 3.8) is 0 Å². The molecule has 5 rings (SSSR count). The van der Waals surface area contributed by atoms with E-state index in [1.165, 1.54) is 16.3 Å². The number of nitrogens with zero attached hydrogens (tertiary/aromatic N) is 4. The van der Waals surface area contributed by atoms with Crippen LogP contribution in [0.15, 0.2) is 52.4 Å². The van der Waals surface area contributed by atoms with Crippen molar-refractivity contribution in [1.82, 2.24) is 24.5 Å². The molecule has 0 radical (unpaired) electrons. The van der Waals surface area contributed by atoms with Gasteiger partial charge in [-0.1, -0.05) is 36.2 Å². The van der Waals surface area contributed by atoms with E-state index in [2.05, 4.69) is 20.8 Å². The second kappa shape index (κ2) is 9.71. The van der Waals surface area contributed by atoms with Gasteiger partial charge in [-0.15, -0.1) is 10.2 Å². The van der Waals surface area contributed by atoms with Crippen LogP contribution in [0.2, 0.25) is 5.02 Å². The van der Waals surface area contributed by atoms with Crippen molar-refractivity contribution in [2.24, 2.45) is 7.05 Å². The van der Waals surface area contributed by atoms with Gasteiger partial charge in [-0.05, 0) is 55.3 Å². The predicted octanol–water partition coefficient (Wildman–Crippen LogP) is 3.64. The Morgan fingerprint density at radius 3 is 2.60 bits per heavy atom. The average Bonchev–Trinajstić information content (AvgIpc) is 3.52. The molecule has 9 nitrogen and oxygen atoms in total. The fourth-order valence-electron chi connectivity index (χ4n) is 4.29. The highest BCUT2D eigenvalue weighted by Crippen LogP contribution is 2.24. The fourth-order valence-corrected chi connectivity index (χ4v) is 5.16. The second-order valence-corrected chi connectivity index (χ2v) is 9.89. The minimum atomic E-state index is -0.236. The first-order chi connectivity index (χ1) is 16.9. The number of nitrogens with one attached hydrogen (secondary N) is 2. The lowest BCUT2D eigenvalue weighted by atomic mass is 10.1. The summed E-state index contributed by atoms with van der Waals surface area (Å²) in [7, 11) is 1.62. The van der Waals surface area contributed by atoms with Crippen LogP contribution in [0.5, 0.6) is 0 Å². The molecule has 1 saturated carbocycles. The van der Waals surface area contributed by atoms with E-state index in [0.717, 1.165) is 25.7 Å². The van der Waals surface area contributed by atoms with Gasteiger partial charge in [0, 0.05) is 29.4 Å². The molecule has 0 unspecified atom stereocenters. The molecule has 0 spiro atoms. The SMILES string of the molecule is Cn1c(=O)c2ccc(C(=O)NC3CCCC3)cc2n2c(SCC(=O)Nc3ccc(Cl)cc3)nnc12. The molecular formula is C24H23ClN6O3S. The highest BCUT2D eigenvalue weighted by atomic mass is 35.5. The van der Waals surface area contributed by atoms with Gasteiger partial charge < -0.3 is 10.6 Å². The molecule has 2 aromatic carbocycles. The Hall–Kier alpha value is -3.37. The molecule has 2 heterocycles. The zero-order valence-electron chi connectivity index (χ0n) is 19.0. The van der Waals surface area contributed by atoms with E-state index < -0.39 is 0 Å². The van der Waals surface area contributed by atoms with Gasteiger partial charge in [0.2, 0.25) is 11.7 Å². The van der Waals surface area contributed by atoms with Gasteiger partial charge in [0.05, 0.1) is 16.7 Å². The molecule has 2 amide bonds. The Bertz CT molecular complexity index is 1490. The summed E-state index contributed by atoms with van der Waals surface area (Å²) in [4.78, 5) is 38.3. The summed E-state index contributed by atoms with van der Waals surface area (Å²) in [5.41, 5.74) is 1.38. The minimum absolute atomic E-state index is 0.0790. The van der Waals surface area contributed by atoms with Crippen LogP contribution in [-0.2, 0) is 11.8 Å². The number of anilines is 1. The monoisotopic (exact) mass is 510 g/mol. The molecule has 1 fully saturated rings. The normalized spacial score (nSPS) is 14.0. The lowest BCUT2D eigenvalue weighted by molar-refractivity contribution is -0.113. The Morgan fingerprint density at radius 1 is 1.11 bits per heavy atom. The quantitative estimate of drug-likeness (QED) is 0.383. The van der Waals surface area contributed by atoms with Crippen LogP contribution in [0, 0.1) is 0 Å². The number of aromatic nitrogens is 4. The number of hydrogen-bond acceptors (Lipinski definition) is 6. The topological polar surface area (TPSA) is 110 Å². The summed E-state index contributed by atoms with van der Waals surface area (Å²) in [6.07, 6.45) is 4.20. The maximum absolute atomic E-state index is 12.9. The lowest BCUT2D eigenvalue weighted by Crippen LogP contribution is -2.32. The summed E-state index contributed by atoms with van der Waals surface area (Å²) in [6.45, 7) is 0. The second-order valence-electron chi connectivity index (χ2n) is 8.51. The maximum Gasteiger partial charge on any atom is 0.262 e. The third kappa shape index (κ3) is 4.76. The van der Waals surface area contributed by atoms with Gasteiger partial charge in [0.25, 0.3) is 11.5 Å². The summed E-state index contributed by atoms with van der Waals surface area (Å²) < 4.78 is 3.12. The van der Waals surface area contributed by atoms with Gasteiger partial charge in [-0.3, -0.25) is 23.4 Å². The number of aryl methyl sites for hydroxylation is 1. The van der Waals surface area contributed by atoms with E-state index in [4.69, 9.17) is 11.6 Å². The first-order valence-corrected chi connectivity index (χ1v) is 12.6. The van der Waals surface area contributed by atoms with Crippen molar-refractivity contribution in [2.75, 3.05) is 11.1 Å². The van der Waals surface area contributed by atoms with Crippen molar-refractivity contribution in [1.29, 1.82) is 0 Å². The number of carbonyl (C=O) groups excluding carboxylic acids is 2. The van der Waals surface area contributed by atoms with Gasteiger partial charge in [0.15, 0.2) is 5.16 Å². The predicted molar refractivity (Wildman–Crippen MR) is 136 cm³/mol. The summed E-state index contributed by atoms with van der Waals surface area (Å²) >= 11 is 7.08. The van der Waals surface area contributed by atoms with Crippen molar-refractivity contribution in [3.8, 4) is 0 Å². The van der Waals surface area contributed by atoms with Gasteiger partial charge >= 0.3 is 0 Å². The largest absolute Gasteiger partial charge is 0.349 e. The number of carbonyl (C=O) groups is 2. The number of rotatable bonds is 6. The van der Waals surface area contributed by atoms with Crippen LogP contribution in [0.25, 0.3) is 16.7 Å². The van der Waals surface area contributed by atoms with Crippen LogP contribution in [0.1, 0.15) is 36.0 Å². The Labute approximate surface area is 209 Å². The Morgan fingerprint density at radius 2 is 1.86 bits per heavy atom. The fraction of sp³-hybridized carbons (Fsp3) is 0.292. The van der Waals surface area contributed by atoms with Gasteiger partial charge in [-0.2, -0.15) is 0 Å². The number of halogens is 1. The van der Waals surface area contributed by atoms with Crippen LogP contribution in [0.3, 0.4) is 0 Å². The van der Waals surface area contributed by atoms with Crippen LogP contribution >= 0.6 is 23.4 Å². The van der Waals surface area contributed by atoms with Crippen molar-refractivity contribution < 1.29 is 9.59 Å². The van der Waals surface area contributed by atoms with Crippen LogP contribution < -0.4 is 16.2 Å². The molecule has 0 aliphatic heterocycles. The molecule has 180 valence electrons.